The lowest BCUT2D eigenvalue weighted by Crippen LogP contribution is -2.27. The van der Waals surface area contributed by atoms with E-state index in [9.17, 15) is 4.79 Å². The van der Waals surface area contributed by atoms with Crippen molar-refractivity contribution in [2.45, 2.75) is 31.5 Å². The molecule has 26 heavy (non-hydrogen) atoms. The van der Waals surface area contributed by atoms with Gasteiger partial charge in [0, 0.05) is 18.7 Å². The molecule has 2 rings (SSSR count). The number of rotatable bonds is 10. The molecule has 0 saturated heterocycles. The third-order valence-corrected chi connectivity index (χ3v) is 4.38. The summed E-state index contributed by atoms with van der Waals surface area (Å²) in [6.07, 6.45) is 0.987. The molecule has 0 aliphatic heterocycles. The Morgan fingerprint density at radius 1 is 1.31 bits per heavy atom. The van der Waals surface area contributed by atoms with Gasteiger partial charge in [-0.2, -0.15) is 0 Å². The molecule has 0 saturated carbocycles. The van der Waals surface area contributed by atoms with Crippen LogP contribution in [0.2, 0.25) is 0 Å². The van der Waals surface area contributed by atoms with Gasteiger partial charge in [0.25, 0.3) is 0 Å². The van der Waals surface area contributed by atoms with Crippen molar-refractivity contribution in [2.75, 3.05) is 31.9 Å². The standard InChI is InChI=1S/C17H25N5O3S/c1-12(2)25-10-4-9-19-15(23)11-26-17-21-20-16(22(17)18)13-5-7-14(24-3)8-6-13/h5-8,12H,4,9-11,18H2,1-3H3,(H,19,23). The van der Waals surface area contributed by atoms with Gasteiger partial charge in [0.05, 0.1) is 19.0 Å². The minimum atomic E-state index is -0.0754. The van der Waals surface area contributed by atoms with Gasteiger partial charge >= 0.3 is 0 Å². The third kappa shape index (κ3) is 5.92. The summed E-state index contributed by atoms with van der Waals surface area (Å²) in [5.74, 6) is 7.48. The minimum Gasteiger partial charge on any atom is -0.497 e. The predicted octanol–water partition coefficient (Wildman–Crippen LogP) is 1.69. The number of nitrogens with one attached hydrogen (secondary N) is 1. The van der Waals surface area contributed by atoms with E-state index in [2.05, 4.69) is 15.5 Å². The first-order valence-corrected chi connectivity index (χ1v) is 9.36. The molecule has 0 radical (unpaired) electrons. The number of carbonyl (C=O) groups is 1. The van der Waals surface area contributed by atoms with Gasteiger partial charge < -0.3 is 20.6 Å². The number of thioether (sulfide) groups is 1. The highest BCUT2D eigenvalue weighted by molar-refractivity contribution is 7.99. The van der Waals surface area contributed by atoms with Gasteiger partial charge in [0.1, 0.15) is 5.75 Å². The Hall–Kier alpha value is -2.26. The Labute approximate surface area is 157 Å². The summed E-state index contributed by atoms with van der Waals surface area (Å²) in [7, 11) is 1.61. The SMILES string of the molecule is COc1ccc(-c2nnc(SCC(=O)NCCCOC(C)C)n2N)cc1. The van der Waals surface area contributed by atoms with Gasteiger partial charge in [-0.05, 0) is 44.5 Å². The first-order valence-electron chi connectivity index (χ1n) is 8.37. The monoisotopic (exact) mass is 379 g/mol. The molecule has 9 heteroatoms. The largest absolute Gasteiger partial charge is 0.497 e. The molecule has 0 aliphatic carbocycles. The molecular formula is C17H25N5O3S. The van der Waals surface area contributed by atoms with E-state index in [4.69, 9.17) is 15.3 Å². The molecule has 142 valence electrons. The van der Waals surface area contributed by atoms with Gasteiger partial charge in [0.15, 0.2) is 5.82 Å². The second-order valence-corrected chi connectivity index (χ2v) is 6.76. The maximum Gasteiger partial charge on any atom is 0.230 e. The second kappa shape index (κ2) is 10.0. The lowest BCUT2D eigenvalue weighted by atomic mass is 10.2. The van der Waals surface area contributed by atoms with Crippen LogP contribution in [0.3, 0.4) is 0 Å². The zero-order valence-corrected chi connectivity index (χ0v) is 16.1. The molecule has 1 aromatic carbocycles. The number of aromatic nitrogens is 3. The summed E-state index contributed by atoms with van der Waals surface area (Å²) < 4.78 is 11.9. The summed E-state index contributed by atoms with van der Waals surface area (Å²) in [5, 5.41) is 11.5. The summed E-state index contributed by atoms with van der Waals surface area (Å²) in [6, 6.07) is 7.36. The molecule has 0 spiro atoms. The fourth-order valence-corrected chi connectivity index (χ4v) is 2.80. The van der Waals surface area contributed by atoms with Crippen LogP contribution in [-0.4, -0.2) is 52.9 Å². The van der Waals surface area contributed by atoms with E-state index < -0.39 is 0 Å². The van der Waals surface area contributed by atoms with E-state index in [0.717, 1.165) is 17.7 Å². The molecule has 0 bridgehead atoms. The van der Waals surface area contributed by atoms with Crippen molar-refractivity contribution in [2.24, 2.45) is 0 Å². The Kier molecular flexibility index (Phi) is 7.73. The molecule has 0 aliphatic rings. The summed E-state index contributed by atoms with van der Waals surface area (Å²) in [6.45, 7) is 5.18. The molecule has 2 aromatic rings. The maximum atomic E-state index is 11.9. The molecule has 0 unspecified atom stereocenters. The van der Waals surface area contributed by atoms with Crippen molar-refractivity contribution in [3.8, 4) is 17.1 Å². The average Bonchev–Trinajstić information content (AvgIpc) is 3.00. The van der Waals surface area contributed by atoms with Crippen LogP contribution in [0.15, 0.2) is 29.4 Å². The van der Waals surface area contributed by atoms with Crippen molar-refractivity contribution in [3.05, 3.63) is 24.3 Å². The number of hydrogen-bond acceptors (Lipinski definition) is 7. The number of nitrogen functional groups attached to an aromatic ring is 1. The third-order valence-electron chi connectivity index (χ3n) is 3.44. The van der Waals surface area contributed by atoms with Gasteiger partial charge in [0.2, 0.25) is 11.1 Å². The van der Waals surface area contributed by atoms with Crippen LogP contribution >= 0.6 is 11.8 Å². The van der Waals surface area contributed by atoms with Gasteiger partial charge in [-0.25, -0.2) is 4.68 Å². The van der Waals surface area contributed by atoms with Crippen molar-refractivity contribution in [1.82, 2.24) is 20.2 Å². The van der Waals surface area contributed by atoms with Crippen LogP contribution in [0.4, 0.5) is 0 Å². The smallest absolute Gasteiger partial charge is 0.230 e. The zero-order chi connectivity index (χ0) is 18.9. The van der Waals surface area contributed by atoms with Crippen LogP contribution in [0.25, 0.3) is 11.4 Å². The number of nitrogens with two attached hydrogens (primary N) is 1. The molecule has 1 amide bonds. The fraction of sp³-hybridized carbons (Fsp3) is 0.471. The Bertz CT molecular complexity index is 703. The number of carbonyl (C=O) groups excluding carboxylic acids is 1. The fourth-order valence-electron chi connectivity index (χ4n) is 2.11. The number of amides is 1. The second-order valence-electron chi connectivity index (χ2n) is 5.82. The lowest BCUT2D eigenvalue weighted by molar-refractivity contribution is -0.118. The van der Waals surface area contributed by atoms with E-state index in [1.807, 2.05) is 38.1 Å². The molecule has 1 aromatic heterocycles. The highest BCUT2D eigenvalue weighted by Gasteiger charge is 2.13. The molecule has 1 heterocycles. The van der Waals surface area contributed by atoms with Crippen LogP contribution in [-0.2, 0) is 9.53 Å². The van der Waals surface area contributed by atoms with Crippen molar-refractivity contribution >= 4 is 17.7 Å². The maximum absolute atomic E-state index is 11.9. The minimum absolute atomic E-state index is 0.0754. The number of hydrogen-bond donors (Lipinski definition) is 2. The molecular weight excluding hydrogens is 354 g/mol. The van der Waals surface area contributed by atoms with Gasteiger partial charge in [-0.15, -0.1) is 10.2 Å². The van der Waals surface area contributed by atoms with E-state index in [0.29, 0.717) is 24.1 Å². The van der Waals surface area contributed by atoms with Gasteiger partial charge in [-0.3, -0.25) is 4.79 Å². The summed E-state index contributed by atoms with van der Waals surface area (Å²) >= 11 is 1.24. The van der Waals surface area contributed by atoms with Crippen molar-refractivity contribution < 1.29 is 14.3 Å². The Morgan fingerprint density at radius 2 is 2.04 bits per heavy atom. The first kappa shape index (κ1) is 20.1. The summed E-state index contributed by atoms with van der Waals surface area (Å²) in [4.78, 5) is 11.9. The predicted molar refractivity (Wildman–Crippen MR) is 102 cm³/mol. The van der Waals surface area contributed by atoms with E-state index >= 15 is 0 Å². The Morgan fingerprint density at radius 3 is 2.69 bits per heavy atom. The van der Waals surface area contributed by atoms with Crippen LogP contribution in [0.5, 0.6) is 5.75 Å². The summed E-state index contributed by atoms with van der Waals surface area (Å²) in [5.41, 5.74) is 0.822. The molecule has 8 nitrogen and oxygen atoms in total. The number of benzene rings is 1. The van der Waals surface area contributed by atoms with Crippen molar-refractivity contribution in [1.29, 1.82) is 0 Å². The van der Waals surface area contributed by atoms with Crippen LogP contribution in [0, 0.1) is 0 Å². The van der Waals surface area contributed by atoms with Gasteiger partial charge in [-0.1, -0.05) is 11.8 Å². The van der Waals surface area contributed by atoms with Crippen LogP contribution in [0.1, 0.15) is 20.3 Å². The zero-order valence-electron chi connectivity index (χ0n) is 15.3. The normalized spacial score (nSPS) is 10.9. The Balaban J connectivity index is 1.81. The highest BCUT2D eigenvalue weighted by atomic mass is 32.2. The van der Waals surface area contributed by atoms with Crippen molar-refractivity contribution in [3.63, 3.8) is 0 Å². The number of methoxy groups -OCH3 is 1. The van der Waals surface area contributed by atoms with E-state index in [1.165, 1.54) is 16.4 Å². The quantitative estimate of drug-likeness (QED) is 0.368. The number of nitrogens with zero attached hydrogens (tertiary/aromatic N) is 3. The van der Waals surface area contributed by atoms with Crippen LogP contribution < -0.4 is 15.9 Å². The topological polar surface area (TPSA) is 104 Å². The lowest BCUT2D eigenvalue weighted by Gasteiger charge is -2.08. The number of ether oxygens (including phenoxy) is 2. The van der Waals surface area contributed by atoms with E-state index in [1.54, 1.807) is 7.11 Å². The van der Waals surface area contributed by atoms with E-state index in [-0.39, 0.29) is 17.8 Å². The first-order chi connectivity index (χ1) is 12.5. The highest BCUT2D eigenvalue weighted by Crippen LogP contribution is 2.23. The molecule has 3 N–H and O–H groups in total. The molecule has 0 atom stereocenters. The average molecular weight is 379 g/mol. The molecule has 0 fully saturated rings.